The predicted octanol–water partition coefficient (Wildman–Crippen LogP) is 3.18. The Balaban J connectivity index is 3.16. The van der Waals surface area contributed by atoms with E-state index in [1.165, 1.54) is 6.92 Å². The third-order valence-corrected chi connectivity index (χ3v) is 2.19. The maximum atomic E-state index is 11.5. The smallest absolute Gasteiger partial charge is 0.163 e. The summed E-state index contributed by atoms with van der Waals surface area (Å²) in [6.07, 6.45) is 4.14. The molecule has 1 rings (SSSR count). The van der Waals surface area contributed by atoms with Crippen LogP contribution in [0.3, 0.4) is 0 Å². The van der Waals surface area contributed by atoms with E-state index in [1.54, 1.807) is 18.2 Å². The van der Waals surface area contributed by atoms with Crippen molar-refractivity contribution in [3.05, 3.63) is 54.6 Å². The van der Waals surface area contributed by atoms with Crippen molar-refractivity contribution in [1.29, 1.82) is 0 Å². The largest absolute Gasteiger partial charge is 0.488 e. The summed E-state index contributed by atoms with van der Waals surface area (Å²) in [5.41, 5.74) is 1.59. The molecule has 0 aromatic heterocycles. The summed E-state index contributed by atoms with van der Waals surface area (Å²) < 4.78 is 5.54. The summed E-state index contributed by atoms with van der Waals surface area (Å²) in [6, 6.07) is 5.57. The average Bonchev–Trinajstić information content (AvgIpc) is 2.27. The van der Waals surface area contributed by atoms with E-state index < -0.39 is 0 Å². The summed E-state index contributed by atoms with van der Waals surface area (Å²) in [5.74, 6) is 0.653. The highest BCUT2D eigenvalue weighted by Crippen LogP contribution is 2.25. The second kappa shape index (κ2) is 5.91. The first kappa shape index (κ1) is 12.2. The van der Waals surface area contributed by atoms with Crippen molar-refractivity contribution in [1.82, 2.24) is 0 Å². The van der Waals surface area contributed by atoms with Crippen LogP contribution >= 0.6 is 0 Å². The lowest BCUT2D eigenvalue weighted by atomic mass is 10.0. The molecule has 0 saturated heterocycles. The van der Waals surface area contributed by atoms with Crippen molar-refractivity contribution in [2.45, 2.75) is 13.3 Å². The molecule has 16 heavy (non-hydrogen) atoms. The molecule has 2 nitrogen and oxygen atoms in total. The molecular formula is C14H16O2. The molecule has 0 amide bonds. The molecule has 0 heterocycles. The number of carbonyl (C=O) groups is 1. The Morgan fingerprint density at radius 1 is 1.38 bits per heavy atom. The van der Waals surface area contributed by atoms with Gasteiger partial charge in [-0.2, -0.15) is 0 Å². The topological polar surface area (TPSA) is 26.3 Å². The quantitative estimate of drug-likeness (QED) is 0.539. The first-order chi connectivity index (χ1) is 7.70. The second-order valence-corrected chi connectivity index (χ2v) is 3.44. The van der Waals surface area contributed by atoms with Crippen molar-refractivity contribution in [2.75, 3.05) is 6.61 Å². The maximum Gasteiger partial charge on any atom is 0.163 e. The van der Waals surface area contributed by atoms with Crippen molar-refractivity contribution < 1.29 is 9.53 Å². The maximum absolute atomic E-state index is 11.5. The number of hydrogen-bond donors (Lipinski definition) is 0. The Morgan fingerprint density at radius 2 is 2.12 bits per heavy atom. The van der Waals surface area contributed by atoms with Crippen LogP contribution in [0.15, 0.2) is 43.5 Å². The van der Waals surface area contributed by atoms with Crippen LogP contribution in [0.5, 0.6) is 5.75 Å². The Hall–Kier alpha value is -1.83. The van der Waals surface area contributed by atoms with E-state index in [0.29, 0.717) is 24.3 Å². The highest BCUT2D eigenvalue weighted by molar-refractivity contribution is 5.97. The molecule has 1 aromatic carbocycles. The van der Waals surface area contributed by atoms with Gasteiger partial charge in [-0.15, -0.1) is 6.58 Å². The van der Waals surface area contributed by atoms with Gasteiger partial charge in [-0.1, -0.05) is 30.9 Å². The SMILES string of the molecule is C=CCOc1c(CC=C)cccc1C(C)=O. The lowest BCUT2D eigenvalue weighted by Crippen LogP contribution is -2.04. The molecule has 0 N–H and O–H groups in total. The lowest BCUT2D eigenvalue weighted by Gasteiger charge is -2.12. The summed E-state index contributed by atoms with van der Waals surface area (Å²) >= 11 is 0. The molecule has 0 aliphatic heterocycles. The van der Waals surface area contributed by atoms with Gasteiger partial charge in [-0.25, -0.2) is 0 Å². The molecular weight excluding hydrogens is 200 g/mol. The van der Waals surface area contributed by atoms with Crippen LogP contribution in [0, 0.1) is 0 Å². The van der Waals surface area contributed by atoms with E-state index >= 15 is 0 Å². The normalized spacial score (nSPS) is 9.56. The third-order valence-electron chi connectivity index (χ3n) is 2.19. The molecule has 84 valence electrons. The zero-order valence-corrected chi connectivity index (χ0v) is 9.53. The molecule has 0 radical (unpaired) electrons. The summed E-state index contributed by atoms with van der Waals surface area (Å²) in [6.45, 7) is 9.22. The first-order valence-corrected chi connectivity index (χ1v) is 5.18. The predicted molar refractivity (Wildman–Crippen MR) is 66.0 cm³/mol. The fourth-order valence-electron chi connectivity index (χ4n) is 1.49. The van der Waals surface area contributed by atoms with Crippen molar-refractivity contribution >= 4 is 5.78 Å². The van der Waals surface area contributed by atoms with E-state index in [-0.39, 0.29) is 5.78 Å². The standard InChI is InChI=1S/C14H16O2/c1-4-7-12-8-6-9-13(11(3)15)14(12)16-10-5-2/h4-6,8-9H,1-2,7,10H2,3H3. The third kappa shape index (κ3) is 2.83. The number of carbonyl (C=O) groups excluding carboxylic acids is 1. The van der Waals surface area contributed by atoms with Crippen molar-refractivity contribution in [3.8, 4) is 5.75 Å². The number of benzene rings is 1. The molecule has 0 aliphatic carbocycles. The molecule has 0 aliphatic rings. The minimum absolute atomic E-state index is 0.00461. The number of para-hydroxylation sites is 1. The van der Waals surface area contributed by atoms with Gasteiger partial charge in [0.2, 0.25) is 0 Å². The molecule has 0 spiro atoms. The minimum Gasteiger partial charge on any atom is -0.488 e. The van der Waals surface area contributed by atoms with Gasteiger partial charge in [0.1, 0.15) is 12.4 Å². The second-order valence-electron chi connectivity index (χ2n) is 3.44. The number of Topliss-reactive ketones (excluding diaryl/α,β-unsaturated/α-hetero) is 1. The van der Waals surface area contributed by atoms with Crippen LogP contribution in [-0.4, -0.2) is 12.4 Å². The zero-order chi connectivity index (χ0) is 12.0. The average molecular weight is 216 g/mol. The summed E-state index contributed by atoms with van der Waals surface area (Å²) in [4.78, 5) is 11.5. The van der Waals surface area contributed by atoms with Crippen LogP contribution in [0.4, 0.5) is 0 Å². The van der Waals surface area contributed by atoms with Crippen molar-refractivity contribution in [3.63, 3.8) is 0 Å². The molecule has 0 atom stereocenters. The number of hydrogen-bond acceptors (Lipinski definition) is 2. The number of rotatable bonds is 6. The molecule has 2 heteroatoms. The van der Waals surface area contributed by atoms with Gasteiger partial charge in [0.05, 0.1) is 5.56 Å². The van der Waals surface area contributed by atoms with E-state index in [1.807, 2.05) is 12.1 Å². The van der Waals surface area contributed by atoms with Gasteiger partial charge >= 0.3 is 0 Å². The van der Waals surface area contributed by atoms with Gasteiger partial charge in [0.25, 0.3) is 0 Å². The van der Waals surface area contributed by atoms with Crippen LogP contribution in [0.25, 0.3) is 0 Å². The Bertz CT molecular complexity index is 405. The van der Waals surface area contributed by atoms with Crippen LogP contribution in [0.1, 0.15) is 22.8 Å². The number of allylic oxidation sites excluding steroid dienone is 1. The molecule has 0 fully saturated rings. The van der Waals surface area contributed by atoms with E-state index in [0.717, 1.165) is 5.56 Å². The lowest BCUT2D eigenvalue weighted by molar-refractivity contribution is 0.101. The Morgan fingerprint density at radius 3 is 2.69 bits per heavy atom. The summed E-state index contributed by atoms with van der Waals surface area (Å²) in [7, 11) is 0. The van der Waals surface area contributed by atoms with Crippen molar-refractivity contribution in [2.24, 2.45) is 0 Å². The highest BCUT2D eigenvalue weighted by Gasteiger charge is 2.11. The first-order valence-electron chi connectivity index (χ1n) is 5.18. The highest BCUT2D eigenvalue weighted by atomic mass is 16.5. The summed E-state index contributed by atoms with van der Waals surface area (Å²) in [5, 5.41) is 0. The van der Waals surface area contributed by atoms with E-state index in [4.69, 9.17) is 4.74 Å². The van der Waals surface area contributed by atoms with E-state index in [2.05, 4.69) is 13.2 Å². The number of ether oxygens (including phenoxy) is 1. The van der Waals surface area contributed by atoms with Gasteiger partial charge in [0.15, 0.2) is 5.78 Å². The molecule has 0 saturated carbocycles. The molecule has 0 bridgehead atoms. The van der Waals surface area contributed by atoms with Gasteiger partial charge < -0.3 is 4.74 Å². The van der Waals surface area contributed by atoms with E-state index in [9.17, 15) is 4.79 Å². The molecule has 0 unspecified atom stereocenters. The fourth-order valence-corrected chi connectivity index (χ4v) is 1.49. The molecule has 1 aromatic rings. The van der Waals surface area contributed by atoms with Gasteiger partial charge in [0, 0.05) is 0 Å². The number of ketones is 1. The Labute approximate surface area is 96.2 Å². The monoisotopic (exact) mass is 216 g/mol. The van der Waals surface area contributed by atoms with Crippen LogP contribution in [-0.2, 0) is 6.42 Å². The Kier molecular flexibility index (Phi) is 4.52. The van der Waals surface area contributed by atoms with Crippen LogP contribution in [0.2, 0.25) is 0 Å². The van der Waals surface area contributed by atoms with Crippen LogP contribution < -0.4 is 4.74 Å². The minimum atomic E-state index is 0.00461. The zero-order valence-electron chi connectivity index (χ0n) is 9.53. The van der Waals surface area contributed by atoms with Gasteiger partial charge in [-0.3, -0.25) is 4.79 Å². The van der Waals surface area contributed by atoms with Gasteiger partial charge in [-0.05, 0) is 25.0 Å². The fraction of sp³-hybridized carbons (Fsp3) is 0.214.